The van der Waals surface area contributed by atoms with E-state index in [9.17, 15) is 13.2 Å². The third-order valence-electron chi connectivity index (χ3n) is 3.86. The largest absolute Gasteiger partial charge is 0.322 e. The summed E-state index contributed by atoms with van der Waals surface area (Å²) < 4.78 is 28.3. The van der Waals surface area contributed by atoms with E-state index in [1.165, 1.54) is 18.2 Å². The second-order valence-corrected chi connectivity index (χ2v) is 8.45. The maximum atomic E-state index is 12.5. The van der Waals surface area contributed by atoms with Crippen molar-refractivity contribution in [3.05, 3.63) is 64.6 Å². The maximum absolute atomic E-state index is 12.5. The maximum Gasteiger partial charge on any atom is 0.262 e. The van der Waals surface area contributed by atoms with Crippen molar-refractivity contribution >= 4 is 49.5 Å². The Morgan fingerprint density at radius 3 is 2.70 bits per heavy atom. The Morgan fingerprint density at radius 2 is 1.96 bits per heavy atom. The van der Waals surface area contributed by atoms with Gasteiger partial charge in [0.1, 0.15) is 5.84 Å². The summed E-state index contributed by atoms with van der Waals surface area (Å²) in [6, 6.07) is 13.6. The van der Waals surface area contributed by atoms with Gasteiger partial charge in [0, 0.05) is 29.2 Å². The van der Waals surface area contributed by atoms with Gasteiger partial charge in [0.2, 0.25) is 5.91 Å². The number of amides is 1. The summed E-state index contributed by atoms with van der Waals surface area (Å²) in [5.74, 6) is 0.120. The fourth-order valence-corrected chi connectivity index (χ4v) is 4.09. The van der Waals surface area contributed by atoms with Crippen LogP contribution in [0.1, 0.15) is 18.4 Å². The molecule has 1 aliphatic heterocycles. The normalized spacial score (nSPS) is 14.2. The van der Waals surface area contributed by atoms with Crippen molar-refractivity contribution in [3.63, 3.8) is 0 Å². The number of sulfonamides is 1. The number of amidine groups is 1. The van der Waals surface area contributed by atoms with Gasteiger partial charge in [0.15, 0.2) is 0 Å². The number of aliphatic imine (C=N–C) groups is 1. The van der Waals surface area contributed by atoms with Crippen molar-refractivity contribution in [1.29, 1.82) is 0 Å². The van der Waals surface area contributed by atoms with Crippen molar-refractivity contribution in [3.8, 4) is 0 Å². The third-order valence-corrected chi connectivity index (χ3v) is 5.96. The second kappa shape index (κ2) is 8.49. The van der Waals surface area contributed by atoms with Crippen molar-refractivity contribution < 1.29 is 13.2 Å². The highest BCUT2D eigenvalue weighted by Gasteiger charge is 2.18. The molecule has 0 unspecified atom stereocenters. The molecule has 3 rings (SSSR count). The van der Waals surface area contributed by atoms with E-state index >= 15 is 0 Å². The summed E-state index contributed by atoms with van der Waals surface area (Å²) in [7, 11) is -3.72. The first-order valence-electron chi connectivity index (χ1n) is 8.34. The smallest absolute Gasteiger partial charge is 0.262 e. The van der Waals surface area contributed by atoms with Crippen molar-refractivity contribution in [2.45, 2.75) is 17.7 Å². The number of nitrogens with zero attached hydrogens (tertiary/aromatic N) is 1. The molecule has 0 radical (unpaired) electrons. The SMILES string of the molecule is O=C(C=Cc1ccccc1Br)Nc1cccc(S(=O)(=O)NC2=NCCC2)c1. The Labute approximate surface area is 166 Å². The monoisotopic (exact) mass is 447 g/mol. The number of hydrogen-bond donors (Lipinski definition) is 2. The van der Waals surface area contributed by atoms with Crippen LogP contribution in [-0.2, 0) is 14.8 Å². The predicted octanol–water partition coefficient (Wildman–Crippen LogP) is 3.57. The average molecular weight is 448 g/mol. The van der Waals surface area contributed by atoms with Crippen LogP contribution < -0.4 is 10.0 Å². The van der Waals surface area contributed by atoms with Gasteiger partial charge in [-0.25, -0.2) is 8.42 Å². The molecule has 0 bridgehead atoms. The van der Waals surface area contributed by atoms with Gasteiger partial charge in [-0.15, -0.1) is 0 Å². The Balaban J connectivity index is 1.70. The van der Waals surface area contributed by atoms with Crippen LogP contribution in [0.15, 0.2) is 69.0 Å². The Kier molecular flexibility index (Phi) is 6.08. The van der Waals surface area contributed by atoms with Crippen molar-refractivity contribution in [2.24, 2.45) is 4.99 Å². The molecule has 0 spiro atoms. The van der Waals surface area contributed by atoms with Gasteiger partial charge in [0.25, 0.3) is 10.0 Å². The van der Waals surface area contributed by atoms with Gasteiger partial charge < -0.3 is 5.32 Å². The van der Waals surface area contributed by atoms with E-state index in [0.717, 1.165) is 16.5 Å². The minimum Gasteiger partial charge on any atom is -0.322 e. The van der Waals surface area contributed by atoms with E-state index in [2.05, 4.69) is 31.0 Å². The molecule has 0 aromatic heterocycles. The van der Waals surface area contributed by atoms with E-state index in [4.69, 9.17) is 0 Å². The summed E-state index contributed by atoms with van der Waals surface area (Å²) in [6.07, 6.45) is 4.54. The first-order chi connectivity index (χ1) is 12.9. The van der Waals surface area contributed by atoms with Crippen LogP contribution in [0.2, 0.25) is 0 Å². The third kappa shape index (κ3) is 5.27. The lowest BCUT2D eigenvalue weighted by Crippen LogP contribution is -2.29. The molecule has 8 heteroatoms. The molecule has 27 heavy (non-hydrogen) atoms. The minimum atomic E-state index is -3.72. The van der Waals surface area contributed by atoms with E-state index in [0.29, 0.717) is 24.5 Å². The second-order valence-electron chi connectivity index (χ2n) is 5.91. The van der Waals surface area contributed by atoms with Crippen LogP contribution in [-0.4, -0.2) is 26.7 Å². The molecule has 1 heterocycles. The quantitative estimate of drug-likeness (QED) is 0.686. The van der Waals surface area contributed by atoms with Crippen LogP contribution in [0.3, 0.4) is 0 Å². The molecule has 140 valence electrons. The summed E-state index contributed by atoms with van der Waals surface area (Å²) in [4.78, 5) is 16.3. The summed E-state index contributed by atoms with van der Waals surface area (Å²) in [5.41, 5.74) is 1.26. The van der Waals surface area contributed by atoms with Gasteiger partial charge in [-0.1, -0.05) is 40.2 Å². The number of nitrogens with one attached hydrogen (secondary N) is 2. The van der Waals surface area contributed by atoms with E-state index in [1.54, 1.807) is 18.2 Å². The van der Waals surface area contributed by atoms with Gasteiger partial charge in [-0.3, -0.25) is 14.5 Å². The topological polar surface area (TPSA) is 87.6 Å². The molecule has 0 atom stereocenters. The zero-order valence-corrected chi connectivity index (χ0v) is 16.8. The number of carbonyl (C=O) groups excluding carboxylic acids is 1. The molecule has 0 saturated carbocycles. The highest BCUT2D eigenvalue weighted by molar-refractivity contribution is 9.10. The van der Waals surface area contributed by atoms with Crippen LogP contribution in [0, 0.1) is 0 Å². The van der Waals surface area contributed by atoms with Crippen molar-refractivity contribution in [2.75, 3.05) is 11.9 Å². The molecular formula is C19H18BrN3O3S. The van der Waals surface area contributed by atoms with Crippen LogP contribution in [0.4, 0.5) is 5.69 Å². The zero-order chi connectivity index (χ0) is 19.3. The summed E-state index contributed by atoms with van der Waals surface area (Å²) in [5, 5.41) is 2.67. The molecule has 0 saturated heterocycles. The number of rotatable bonds is 5. The first kappa shape index (κ1) is 19.3. The highest BCUT2D eigenvalue weighted by atomic mass is 79.9. The molecule has 2 N–H and O–H groups in total. The predicted molar refractivity (Wildman–Crippen MR) is 110 cm³/mol. The summed E-state index contributed by atoms with van der Waals surface area (Å²) in [6.45, 7) is 0.637. The molecule has 0 fully saturated rings. The standard InChI is InChI=1S/C19H18BrN3O3S/c20-17-8-2-1-5-14(17)10-11-19(24)22-15-6-3-7-16(13-15)27(25,26)23-18-9-4-12-21-18/h1-3,5-8,10-11,13H,4,9,12H2,(H,21,23)(H,22,24). The fraction of sp³-hybridized carbons (Fsp3) is 0.158. The molecule has 0 aliphatic carbocycles. The van der Waals surface area contributed by atoms with Crippen molar-refractivity contribution in [1.82, 2.24) is 4.72 Å². The van der Waals surface area contributed by atoms with Gasteiger partial charge in [-0.05, 0) is 42.3 Å². The molecule has 2 aromatic carbocycles. The molecule has 1 amide bonds. The number of carbonyl (C=O) groups is 1. The van der Waals surface area contributed by atoms with E-state index < -0.39 is 10.0 Å². The van der Waals surface area contributed by atoms with Gasteiger partial charge in [-0.2, -0.15) is 0 Å². The Bertz CT molecular complexity index is 1020. The molecular weight excluding hydrogens is 430 g/mol. The Morgan fingerprint density at radius 1 is 1.15 bits per heavy atom. The van der Waals surface area contributed by atoms with E-state index in [1.807, 2.05) is 24.3 Å². The zero-order valence-electron chi connectivity index (χ0n) is 14.4. The van der Waals surface area contributed by atoms with Crippen LogP contribution >= 0.6 is 15.9 Å². The molecule has 6 nitrogen and oxygen atoms in total. The number of benzene rings is 2. The van der Waals surface area contributed by atoms with Crippen LogP contribution in [0.25, 0.3) is 6.08 Å². The Hall–Kier alpha value is -2.45. The summed E-state index contributed by atoms with van der Waals surface area (Å²) >= 11 is 3.41. The molecule has 2 aromatic rings. The average Bonchev–Trinajstić information content (AvgIpc) is 3.13. The van der Waals surface area contributed by atoms with Gasteiger partial charge in [0.05, 0.1) is 4.90 Å². The molecule has 1 aliphatic rings. The number of halogens is 1. The highest BCUT2D eigenvalue weighted by Crippen LogP contribution is 2.18. The van der Waals surface area contributed by atoms with Gasteiger partial charge >= 0.3 is 0 Å². The fourth-order valence-electron chi connectivity index (χ4n) is 2.54. The number of anilines is 1. The minimum absolute atomic E-state index is 0.0738. The lowest BCUT2D eigenvalue weighted by atomic mass is 10.2. The lowest BCUT2D eigenvalue weighted by Gasteiger charge is -2.09. The lowest BCUT2D eigenvalue weighted by molar-refractivity contribution is -0.111. The van der Waals surface area contributed by atoms with Crippen LogP contribution in [0.5, 0.6) is 0 Å². The number of hydrogen-bond acceptors (Lipinski definition) is 4. The van der Waals surface area contributed by atoms with E-state index in [-0.39, 0.29) is 10.8 Å². The first-order valence-corrected chi connectivity index (χ1v) is 10.6.